The first-order valence-corrected chi connectivity index (χ1v) is 8.06. The molecule has 0 bridgehead atoms. The molecule has 0 radical (unpaired) electrons. The quantitative estimate of drug-likeness (QED) is 0.857. The fraction of sp³-hybridized carbons (Fsp3) is 0.0714. The van der Waals surface area contributed by atoms with Crippen LogP contribution in [0.25, 0.3) is 6.08 Å². The third-order valence-corrected chi connectivity index (χ3v) is 4.54. The Balaban J connectivity index is 1.59. The summed E-state index contributed by atoms with van der Waals surface area (Å²) in [5.74, 6) is 1.24. The van der Waals surface area contributed by atoms with Crippen LogP contribution in [-0.4, -0.2) is 22.9 Å². The van der Waals surface area contributed by atoms with Crippen molar-refractivity contribution < 1.29 is 14.3 Å². The molecule has 3 heterocycles. The molecule has 1 aromatic carbocycles. The molecule has 0 spiro atoms. The summed E-state index contributed by atoms with van der Waals surface area (Å²) in [7, 11) is 0. The lowest BCUT2D eigenvalue weighted by Gasteiger charge is -1.98. The van der Waals surface area contributed by atoms with E-state index in [9.17, 15) is 4.79 Å². The zero-order valence-corrected chi connectivity index (χ0v) is 12.7. The van der Waals surface area contributed by atoms with Crippen LogP contribution in [-0.2, 0) is 4.79 Å². The van der Waals surface area contributed by atoms with E-state index in [1.165, 1.54) is 23.1 Å². The smallest absolute Gasteiger partial charge is 0.264 e. The Bertz CT molecular complexity index is 800. The minimum absolute atomic E-state index is 0.169. The minimum Gasteiger partial charge on any atom is -0.454 e. The zero-order valence-electron chi connectivity index (χ0n) is 11.1. The van der Waals surface area contributed by atoms with Gasteiger partial charge in [0.2, 0.25) is 11.9 Å². The van der Waals surface area contributed by atoms with E-state index in [2.05, 4.69) is 15.3 Å². The number of rotatable bonds is 2. The molecule has 0 atom stereocenters. The summed E-state index contributed by atoms with van der Waals surface area (Å²) in [5.41, 5.74) is 0.873. The summed E-state index contributed by atoms with van der Waals surface area (Å²) >= 11 is 2.71. The molecule has 4 rings (SSSR count). The zero-order chi connectivity index (χ0) is 14.9. The molecule has 0 saturated carbocycles. The Kier molecular flexibility index (Phi) is 3.32. The number of amidine groups is 1. The molecule has 22 heavy (non-hydrogen) atoms. The lowest BCUT2D eigenvalue weighted by Crippen LogP contribution is -2.19. The Hall–Kier alpha value is -2.32. The van der Waals surface area contributed by atoms with Gasteiger partial charge in [-0.3, -0.25) is 4.79 Å². The van der Waals surface area contributed by atoms with Crippen LogP contribution >= 0.6 is 23.1 Å². The van der Waals surface area contributed by atoms with Crippen LogP contribution < -0.4 is 14.8 Å². The van der Waals surface area contributed by atoms with Crippen LogP contribution in [0.2, 0.25) is 0 Å². The fourth-order valence-corrected chi connectivity index (χ4v) is 3.38. The molecule has 8 heteroatoms. The Labute approximate surface area is 133 Å². The van der Waals surface area contributed by atoms with Crippen LogP contribution in [0.15, 0.2) is 39.7 Å². The van der Waals surface area contributed by atoms with Crippen molar-refractivity contribution in [2.45, 2.75) is 0 Å². The van der Waals surface area contributed by atoms with E-state index < -0.39 is 0 Å². The lowest BCUT2D eigenvalue weighted by molar-refractivity contribution is -0.115. The highest BCUT2D eigenvalue weighted by atomic mass is 32.2. The molecule has 1 fully saturated rings. The maximum absolute atomic E-state index is 12.0. The SMILES string of the molecule is O=C1N/C(=N\c2nccs2)SC1=Cc1ccc2c(c1)OCO2. The van der Waals surface area contributed by atoms with Crippen molar-refractivity contribution in [3.8, 4) is 11.5 Å². The van der Waals surface area contributed by atoms with Gasteiger partial charge in [0.1, 0.15) is 0 Å². The first kappa shape index (κ1) is 13.4. The second kappa shape index (κ2) is 5.47. The van der Waals surface area contributed by atoms with Crippen molar-refractivity contribution in [3.05, 3.63) is 40.2 Å². The first-order chi connectivity index (χ1) is 10.8. The van der Waals surface area contributed by atoms with Gasteiger partial charge in [0.15, 0.2) is 16.7 Å². The summed E-state index contributed by atoms with van der Waals surface area (Å²) in [6, 6.07) is 5.56. The van der Waals surface area contributed by atoms with Gasteiger partial charge in [-0.2, -0.15) is 4.99 Å². The number of hydrogen-bond donors (Lipinski definition) is 1. The number of nitrogens with one attached hydrogen (secondary N) is 1. The number of carbonyl (C=O) groups is 1. The number of amides is 1. The fourth-order valence-electron chi connectivity index (χ4n) is 1.99. The molecule has 0 aliphatic carbocycles. The maximum Gasteiger partial charge on any atom is 0.264 e. The van der Waals surface area contributed by atoms with Crippen LogP contribution in [0.4, 0.5) is 5.13 Å². The maximum atomic E-state index is 12.0. The minimum atomic E-state index is -0.169. The van der Waals surface area contributed by atoms with E-state index in [1.54, 1.807) is 12.3 Å². The predicted octanol–water partition coefficient (Wildman–Crippen LogP) is 2.76. The third-order valence-electron chi connectivity index (χ3n) is 2.96. The molecular weight excluding hydrogens is 322 g/mol. The van der Waals surface area contributed by atoms with E-state index in [1.807, 2.05) is 23.6 Å². The standard InChI is InChI=1S/C14H9N3O3S2/c18-12-11(22-14(16-12)17-13-15-3-4-21-13)6-8-1-2-9-10(5-8)20-7-19-9/h1-6H,7H2,(H,15,16,17,18). The normalized spacial score (nSPS) is 19.9. The van der Waals surface area contributed by atoms with Crippen LogP contribution in [0.5, 0.6) is 11.5 Å². The molecule has 1 aromatic heterocycles. The van der Waals surface area contributed by atoms with E-state index in [4.69, 9.17) is 9.47 Å². The van der Waals surface area contributed by atoms with E-state index in [0.29, 0.717) is 21.0 Å². The van der Waals surface area contributed by atoms with Crippen LogP contribution in [0, 0.1) is 0 Å². The highest BCUT2D eigenvalue weighted by Crippen LogP contribution is 2.34. The molecule has 2 aliphatic heterocycles. The molecule has 1 saturated heterocycles. The molecule has 2 aromatic rings. The summed E-state index contributed by atoms with van der Waals surface area (Å²) < 4.78 is 10.6. The molecule has 6 nitrogen and oxygen atoms in total. The molecule has 2 aliphatic rings. The lowest BCUT2D eigenvalue weighted by atomic mass is 10.2. The Morgan fingerprint density at radius 2 is 2.23 bits per heavy atom. The number of nitrogens with zero attached hydrogens (tertiary/aromatic N) is 2. The molecule has 0 unspecified atom stereocenters. The summed E-state index contributed by atoms with van der Waals surface area (Å²) in [4.78, 5) is 20.9. The largest absolute Gasteiger partial charge is 0.454 e. The Morgan fingerprint density at radius 1 is 1.32 bits per heavy atom. The predicted molar refractivity (Wildman–Crippen MR) is 85.5 cm³/mol. The second-order valence-electron chi connectivity index (χ2n) is 4.41. The molecular formula is C14H9N3O3S2. The Morgan fingerprint density at radius 3 is 3.09 bits per heavy atom. The number of aromatic nitrogens is 1. The van der Waals surface area contributed by atoms with Crippen molar-refractivity contribution in [3.63, 3.8) is 0 Å². The summed E-state index contributed by atoms with van der Waals surface area (Å²) in [6.45, 7) is 0.231. The van der Waals surface area contributed by atoms with Gasteiger partial charge in [-0.1, -0.05) is 6.07 Å². The monoisotopic (exact) mass is 331 g/mol. The number of hydrogen-bond acceptors (Lipinski definition) is 7. The average Bonchev–Trinajstić information content (AvgIpc) is 3.21. The van der Waals surface area contributed by atoms with E-state index in [-0.39, 0.29) is 12.7 Å². The van der Waals surface area contributed by atoms with E-state index in [0.717, 1.165) is 11.3 Å². The van der Waals surface area contributed by atoms with Crippen LogP contribution in [0.1, 0.15) is 5.56 Å². The van der Waals surface area contributed by atoms with E-state index >= 15 is 0 Å². The summed E-state index contributed by atoms with van der Waals surface area (Å²) in [6.07, 6.45) is 3.47. The van der Waals surface area contributed by atoms with Crippen LogP contribution in [0.3, 0.4) is 0 Å². The topological polar surface area (TPSA) is 72.8 Å². The number of ether oxygens (including phenoxy) is 2. The van der Waals surface area contributed by atoms with Crippen molar-refractivity contribution in [1.29, 1.82) is 0 Å². The van der Waals surface area contributed by atoms with Crippen molar-refractivity contribution in [2.24, 2.45) is 4.99 Å². The number of benzene rings is 1. The van der Waals surface area contributed by atoms with Crippen molar-refractivity contribution >= 4 is 45.4 Å². The van der Waals surface area contributed by atoms with Gasteiger partial charge in [0.25, 0.3) is 5.91 Å². The van der Waals surface area contributed by atoms with Gasteiger partial charge in [0.05, 0.1) is 4.91 Å². The number of thioether (sulfide) groups is 1. The third kappa shape index (κ3) is 2.58. The first-order valence-electron chi connectivity index (χ1n) is 6.37. The number of thiazole rings is 1. The molecule has 1 N–H and O–H groups in total. The highest BCUT2D eigenvalue weighted by Gasteiger charge is 2.24. The second-order valence-corrected chi connectivity index (χ2v) is 6.31. The number of fused-ring (bicyclic) bond motifs is 1. The summed E-state index contributed by atoms with van der Waals surface area (Å²) in [5, 5.41) is 5.72. The number of aliphatic imine (C=N–C) groups is 1. The van der Waals surface area contributed by atoms with Gasteiger partial charge < -0.3 is 14.8 Å². The molecule has 1 amide bonds. The van der Waals surface area contributed by atoms with Crippen molar-refractivity contribution in [2.75, 3.05) is 6.79 Å². The van der Waals surface area contributed by atoms with Gasteiger partial charge in [-0.05, 0) is 35.5 Å². The van der Waals surface area contributed by atoms with Gasteiger partial charge in [0, 0.05) is 11.6 Å². The van der Waals surface area contributed by atoms with Crippen molar-refractivity contribution in [1.82, 2.24) is 10.3 Å². The molecule has 110 valence electrons. The number of carbonyl (C=O) groups excluding carboxylic acids is 1. The van der Waals surface area contributed by atoms with Gasteiger partial charge >= 0.3 is 0 Å². The highest BCUT2D eigenvalue weighted by molar-refractivity contribution is 8.18. The van der Waals surface area contributed by atoms with Gasteiger partial charge in [-0.15, -0.1) is 11.3 Å². The average molecular weight is 331 g/mol. The van der Waals surface area contributed by atoms with Gasteiger partial charge in [-0.25, -0.2) is 4.98 Å².